The van der Waals surface area contributed by atoms with E-state index in [1.807, 2.05) is 31.2 Å². The molecule has 1 N–H and O–H groups in total. The van der Waals surface area contributed by atoms with E-state index in [-0.39, 0.29) is 4.90 Å². The van der Waals surface area contributed by atoms with Gasteiger partial charge in [-0.3, -0.25) is 4.79 Å². The van der Waals surface area contributed by atoms with E-state index in [4.69, 9.17) is 11.6 Å². The third kappa shape index (κ3) is 5.58. The standard InChI is InChI=1S/C22H27ClO4S/c1-16-7-13-19(14-8-16)28(26,27)20(21(24)25)22(2,3)15-5-4-6-17-9-11-18(23)12-10-17/h7-14,20H,4-6,15H2,1-3H3,(H,24,25). The number of carboxylic acids is 1. The van der Waals surface area contributed by atoms with E-state index in [1.165, 1.54) is 12.1 Å². The third-order valence-electron chi connectivity index (χ3n) is 5.04. The maximum atomic E-state index is 13.0. The first-order valence-corrected chi connectivity index (χ1v) is 11.2. The summed E-state index contributed by atoms with van der Waals surface area (Å²) in [5.41, 5.74) is 1.19. The number of hydrogen-bond acceptors (Lipinski definition) is 3. The molecule has 4 nitrogen and oxygen atoms in total. The molecule has 0 heterocycles. The molecule has 28 heavy (non-hydrogen) atoms. The molecule has 2 rings (SSSR count). The highest BCUT2D eigenvalue weighted by molar-refractivity contribution is 7.92. The van der Waals surface area contributed by atoms with E-state index in [2.05, 4.69) is 0 Å². The van der Waals surface area contributed by atoms with E-state index >= 15 is 0 Å². The molecule has 0 amide bonds. The minimum absolute atomic E-state index is 0.0553. The molecule has 0 saturated carbocycles. The average Bonchev–Trinajstić information content (AvgIpc) is 2.59. The number of sulfone groups is 1. The van der Waals surface area contributed by atoms with Gasteiger partial charge in [-0.15, -0.1) is 0 Å². The molecule has 0 aliphatic heterocycles. The van der Waals surface area contributed by atoms with Gasteiger partial charge in [-0.2, -0.15) is 0 Å². The van der Waals surface area contributed by atoms with Crippen molar-refractivity contribution in [2.45, 2.75) is 56.6 Å². The number of rotatable bonds is 9. The Morgan fingerprint density at radius 2 is 1.61 bits per heavy atom. The first-order chi connectivity index (χ1) is 13.0. The van der Waals surface area contributed by atoms with E-state index in [9.17, 15) is 18.3 Å². The number of halogens is 1. The molecule has 0 radical (unpaired) electrons. The molecule has 1 atom stereocenters. The molecule has 6 heteroatoms. The van der Waals surface area contributed by atoms with Gasteiger partial charge in [-0.25, -0.2) is 8.42 Å². The van der Waals surface area contributed by atoms with Gasteiger partial charge in [0.2, 0.25) is 0 Å². The van der Waals surface area contributed by atoms with Crippen LogP contribution in [0.15, 0.2) is 53.4 Å². The highest BCUT2D eigenvalue weighted by Crippen LogP contribution is 2.36. The lowest BCUT2D eigenvalue weighted by Gasteiger charge is -2.31. The first-order valence-electron chi connectivity index (χ1n) is 9.32. The maximum absolute atomic E-state index is 13.0. The molecule has 0 bridgehead atoms. The summed E-state index contributed by atoms with van der Waals surface area (Å²) in [4.78, 5) is 12.0. The van der Waals surface area contributed by atoms with Crippen molar-refractivity contribution in [3.8, 4) is 0 Å². The van der Waals surface area contributed by atoms with Crippen molar-refractivity contribution in [2.75, 3.05) is 0 Å². The Hall–Kier alpha value is -1.85. The second-order valence-corrected chi connectivity index (χ2v) is 10.4. The number of hydrogen-bond donors (Lipinski definition) is 1. The second-order valence-electron chi connectivity index (χ2n) is 7.90. The second kappa shape index (κ2) is 9.10. The zero-order valence-electron chi connectivity index (χ0n) is 16.5. The minimum Gasteiger partial charge on any atom is -0.480 e. The molecule has 0 aliphatic rings. The summed E-state index contributed by atoms with van der Waals surface area (Å²) >= 11 is 5.89. The van der Waals surface area contributed by atoms with Crippen molar-refractivity contribution in [3.63, 3.8) is 0 Å². The van der Waals surface area contributed by atoms with Gasteiger partial charge in [0.15, 0.2) is 15.1 Å². The molecule has 0 aromatic heterocycles. The number of aliphatic carboxylic acids is 1. The van der Waals surface area contributed by atoms with Crippen LogP contribution in [0.3, 0.4) is 0 Å². The lowest BCUT2D eigenvalue weighted by molar-refractivity contribution is -0.138. The Kier molecular flexibility index (Phi) is 7.29. The van der Waals surface area contributed by atoms with Crippen LogP contribution >= 0.6 is 11.6 Å². The highest BCUT2D eigenvalue weighted by atomic mass is 35.5. The summed E-state index contributed by atoms with van der Waals surface area (Å²) in [6.45, 7) is 5.30. The third-order valence-corrected chi connectivity index (χ3v) is 7.69. The van der Waals surface area contributed by atoms with Crippen LogP contribution in [0.25, 0.3) is 0 Å². The highest BCUT2D eigenvalue weighted by Gasteiger charge is 2.45. The Bertz CT molecular complexity index is 901. The normalized spacial score (nSPS) is 13.3. The van der Waals surface area contributed by atoms with Gasteiger partial charge in [0.1, 0.15) is 0 Å². The number of unbranched alkanes of at least 4 members (excludes halogenated alkanes) is 1. The molecular formula is C22H27ClO4S. The van der Waals surface area contributed by atoms with Crippen molar-refractivity contribution < 1.29 is 18.3 Å². The lowest BCUT2D eigenvalue weighted by atomic mass is 9.83. The smallest absolute Gasteiger partial charge is 0.322 e. The fraction of sp³-hybridized carbons (Fsp3) is 0.409. The van der Waals surface area contributed by atoms with Crippen LogP contribution in [-0.2, 0) is 21.1 Å². The Morgan fingerprint density at radius 1 is 1.04 bits per heavy atom. The molecule has 2 aromatic carbocycles. The molecule has 0 saturated heterocycles. The van der Waals surface area contributed by atoms with Crippen LogP contribution in [0.2, 0.25) is 5.02 Å². The number of carbonyl (C=O) groups is 1. The predicted octanol–water partition coefficient (Wildman–Crippen LogP) is 5.31. The summed E-state index contributed by atoms with van der Waals surface area (Å²) in [6, 6.07) is 14.0. The molecule has 2 aromatic rings. The first kappa shape index (κ1) is 22.4. The largest absolute Gasteiger partial charge is 0.480 e. The number of aryl methyl sites for hydroxylation is 2. The average molecular weight is 423 g/mol. The van der Waals surface area contributed by atoms with Crippen LogP contribution in [0, 0.1) is 12.3 Å². The number of carboxylic acid groups (broad SMARTS) is 1. The summed E-state index contributed by atoms with van der Waals surface area (Å²) in [6.07, 6.45) is 2.93. The Labute approximate surface area is 172 Å². The quantitative estimate of drug-likeness (QED) is 0.555. The Morgan fingerprint density at radius 3 is 2.14 bits per heavy atom. The zero-order chi connectivity index (χ0) is 20.9. The van der Waals surface area contributed by atoms with Gasteiger partial charge in [-0.05, 0) is 61.4 Å². The predicted molar refractivity (Wildman–Crippen MR) is 113 cm³/mol. The summed E-state index contributed by atoms with van der Waals surface area (Å²) in [5, 5.41) is 8.93. The van der Waals surface area contributed by atoms with Crippen molar-refractivity contribution in [1.82, 2.24) is 0 Å². The molecule has 1 unspecified atom stereocenters. The van der Waals surface area contributed by atoms with E-state index in [0.717, 1.165) is 30.4 Å². The van der Waals surface area contributed by atoms with Gasteiger partial charge in [0.25, 0.3) is 0 Å². The van der Waals surface area contributed by atoms with Gasteiger partial charge in [0.05, 0.1) is 4.90 Å². The van der Waals surface area contributed by atoms with E-state index in [1.54, 1.807) is 26.0 Å². The zero-order valence-corrected chi connectivity index (χ0v) is 18.1. The van der Waals surface area contributed by atoms with Crippen molar-refractivity contribution in [3.05, 3.63) is 64.7 Å². The van der Waals surface area contributed by atoms with E-state index < -0.39 is 26.5 Å². The summed E-state index contributed by atoms with van der Waals surface area (Å²) < 4.78 is 26.0. The maximum Gasteiger partial charge on any atom is 0.322 e. The van der Waals surface area contributed by atoms with Gasteiger partial charge in [-0.1, -0.05) is 61.7 Å². The summed E-state index contributed by atoms with van der Waals surface area (Å²) in [7, 11) is -3.98. The minimum atomic E-state index is -3.98. The van der Waals surface area contributed by atoms with Crippen LogP contribution < -0.4 is 0 Å². The van der Waals surface area contributed by atoms with Gasteiger partial charge < -0.3 is 5.11 Å². The Balaban J connectivity index is 2.09. The molecule has 0 fully saturated rings. The lowest BCUT2D eigenvalue weighted by Crippen LogP contribution is -2.43. The SMILES string of the molecule is Cc1ccc(S(=O)(=O)C(C(=O)O)C(C)(C)CCCCc2ccc(Cl)cc2)cc1. The van der Waals surface area contributed by atoms with Crippen LogP contribution in [0.5, 0.6) is 0 Å². The van der Waals surface area contributed by atoms with Crippen molar-refractivity contribution in [1.29, 1.82) is 0 Å². The fourth-order valence-electron chi connectivity index (χ4n) is 3.44. The molecule has 0 aliphatic carbocycles. The topological polar surface area (TPSA) is 71.4 Å². The fourth-order valence-corrected chi connectivity index (χ4v) is 5.58. The molecule has 152 valence electrons. The molecular weight excluding hydrogens is 396 g/mol. The number of benzene rings is 2. The van der Waals surface area contributed by atoms with Crippen molar-refractivity contribution in [2.24, 2.45) is 5.41 Å². The van der Waals surface area contributed by atoms with Crippen LogP contribution in [-0.4, -0.2) is 24.7 Å². The van der Waals surface area contributed by atoms with E-state index in [0.29, 0.717) is 11.4 Å². The van der Waals surface area contributed by atoms with Gasteiger partial charge >= 0.3 is 5.97 Å². The summed E-state index contributed by atoms with van der Waals surface area (Å²) in [5.74, 6) is -1.30. The molecule has 0 spiro atoms. The van der Waals surface area contributed by atoms with Gasteiger partial charge in [0, 0.05) is 5.02 Å². The van der Waals surface area contributed by atoms with Crippen LogP contribution in [0.4, 0.5) is 0 Å². The monoisotopic (exact) mass is 422 g/mol. The van der Waals surface area contributed by atoms with Crippen molar-refractivity contribution >= 4 is 27.4 Å². The van der Waals surface area contributed by atoms with Crippen LogP contribution in [0.1, 0.15) is 44.2 Å².